The Morgan fingerprint density at radius 1 is 1.42 bits per heavy atom. The van der Waals surface area contributed by atoms with E-state index in [0.717, 1.165) is 5.92 Å². The number of nitrogens with zero attached hydrogens (tertiary/aromatic N) is 1. The Balaban J connectivity index is 2.45. The summed E-state index contributed by atoms with van der Waals surface area (Å²) in [6.07, 6.45) is 3.95. The topological polar surface area (TPSA) is 38.4 Å². The number of hydrogen-bond donors (Lipinski definition) is 1. The van der Waals surface area contributed by atoms with E-state index in [-0.39, 0.29) is 5.41 Å². The third kappa shape index (κ3) is 0.732. The summed E-state index contributed by atoms with van der Waals surface area (Å²) >= 11 is 0. The van der Waals surface area contributed by atoms with Gasteiger partial charge in [0.15, 0.2) is 0 Å². The second-order valence-corrected chi connectivity index (χ2v) is 5.20. The first-order chi connectivity index (χ1) is 5.50. The van der Waals surface area contributed by atoms with Crippen molar-refractivity contribution in [2.24, 2.45) is 27.7 Å². The maximum Gasteiger partial charge on any atom is 0.0493 e. The molecular weight excluding hydrogens is 148 g/mol. The molecule has 0 aromatic heterocycles. The molecular formula is C10H18N2. The molecule has 0 aromatic carbocycles. The van der Waals surface area contributed by atoms with Gasteiger partial charge in [-0.15, -0.1) is 0 Å². The maximum atomic E-state index is 5.47. The lowest BCUT2D eigenvalue weighted by Gasteiger charge is -2.34. The zero-order chi connectivity index (χ0) is 8.98. The van der Waals surface area contributed by atoms with Crippen LogP contribution in [0, 0.1) is 16.7 Å². The summed E-state index contributed by atoms with van der Waals surface area (Å²) in [5, 5.41) is 4.01. The SMILES string of the molecule is CC1(C)/C(=N/N)[C@]2(C)CC[C@H]1C2. The van der Waals surface area contributed by atoms with Gasteiger partial charge in [-0.05, 0) is 25.2 Å². The molecule has 12 heavy (non-hydrogen) atoms. The third-order valence-corrected chi connectivity index (χ3v) is 4.07. The fourth-order valence-electron chi connectivity index (χ4n) is 3.37. The zero-order valence-corrected chi connectivity index (χ0v) is 8.22. The van der Waals surface area contributed by atoms with E-state index in [2.05, 4.69) is 25.9 Å². The van der Waals surface area contributed by atoms with Crippen LogP contribution in [0.1, 0.15) is 40.0 Å². The fourth-order valence-corrected chi connectivity index (χ4v) is 3.37. The van der Waals surface area contributed by atoms with Crippen molar-refractivity contribution in [2.45, 2.75) is 40.0 Å². The van der Waals surface area contributed by atoms with E-state index in [1.807, 2.05) is 0 Å². The van der Waals surface area contributed by atoms with Crippen LogP contribution in [0.4, 0.5) is 0 Å². The lowest BCUT2D eigenvalue weighted by Crippen LogP contribution is -2.36. The molecule has 2 saturated carbocycles. The van der Waals surface area contributed by atoms with Gasteiger partial charge < -0.3 is 5.84 Å². The molecule has 2 rings (SSSR count). The highest BCUT2D eigenvalue weighted by Gasteiger charge is 2.57. The lowest BCUT2D eigenvalue weighted by atomic mass is 9.71. The van der Waals surface area contributed by atoms with Gasteiger partial charge in [0.05, 0.1) is 0 Å². The van der Waals surface area contributed by atoms with E-state index >= 15 is 0 Å². The van der Waals surface area contributed by atoms with Gasteiger partial charge in [0.2, 0.25) is 0 Å². The van der Waals surface area contributed by atoms with Crippen molar-refractivity contribution < 1.29 is 0 Å². The van der Waals surface area contributed by atoms with Gasteiger partial charge in [-0.1, -0.05) is 20.8 Å². The molecule has 2 atom stereocenters. The number of hydrogen-bond acceptors (Lipinski definition) is 2. The van der Waals surface area contributed by atoms with Crippen molar-refractivity contribution in [2.75, 3.05) is 0 Å². The normalized spacial score (nSPS) is 47.2. The van der Waals surface area contributed by atoms with Crippen LogP contribution >= 0.6 is 0 Å². The predicted octanol–water partition coefficient (Wildman–Crippen LogP) is 2.15. The minimum absolute atomic E-state index is 0.266. The second kappa shape index (κ2) is 2.04. The number of fused-ring (bicyclic) bond motifs is 2. The minimum atomic E-state index is 0.266. The average Bonchev–Trinajstić information content (AvgIpc) is 2.39. The molecule has 0 saturated heterocycles. The Morgan fingerprint density at radius 2 is 2.08 bits per heavy atom. The lowest BCUT2D eigenvalue weighted by molar-refractivity contribution is 0.332. The van der Waals surface area contributed by atoms with Crippen LogP contribution in [0.2, 0.25) is 0 Å². The van der Waals surface area contributed by atoms with Crippen molar-refractivity contribution in [1.29, 1.82) is 0 Å². The van der Waals surface area contributed by atoms with Gasteiger partial charge in [0.25, 0.3) is 0 Å². The molecule has 0 spiro atoms. The van der Waals surface area contributed by atoms with Gasteiger partial charge in [-0.3, -0.25) is 0 Å². The summed E-state index contributed by atoms with van der Waals surface area (Å²) in [7, 11) is 0. The molecule has 2 nitrogen and oxygen atoms in total. The number of hydrazone groups is 1. The van der Waals surface area contributed by atoms with Crippen LogP contribution in [-0.4, -0.2) is 5.71 Å². The van der Waals surface area contributed by atoms with E-state index in [0.29, 0.717) is 5.41 Å². The molecule has 68 valence electrons. The molecule has 0 heterocycles. The number of nitrogens with two attached hydrogens (primary N) is 1. The summed E-state index contributed by atoms with van der Waals surface area (Å²) < 4.78 is 0. The van der Waals surface area contributed by atoms with E-state index in [4.69, 9.17) is 5.84 Å². The zero-order valence-electron chi connectivity index (χ0n) is 8.22. The molecule has 2 N–H and O–H groups in total. The van der Waals surface area contributed by atoms with Crippen LogP contribution in [0.5, 0.6) is 0 Å². The van der Waals surface area contributed by atoms with Crippen molar-refractivity contribution >= 4 is 5.71 Å². The van der Waals surface area contributed by atoms with Crippen molar-refractivity contribution in [3.8, 4) is 0 Å². The largest absolute Gasteiger partial charge is 0.323 e. The molecule has 0 aromatic rings. The van der Waals surface area contributed by atoms with Gasteiger partial charge in [-0.25, -0.2) is 0 Å². The standard InChI is InChI=1S/C10H18N2/c1-9(2)7-4-5-10(3,6-7)8(9)12-11/h7H,4-6,11H2,1-3H3/b12-8-/t7-,10+/m0/s1. The summed E-state index contributed by atoms with van der Waals surface area (Å²) in [6.45, 7) is 6.88. The van der Waals surface area contributed by atoms with E-state index in [1.54, 1.807) is 0 Å². The van der Waals surface area contributed by atoms with Gasteiger partial charge in [-0.2, -0.15) is 5.10 Å². The van der Waals surface area contributed by atoms with Crippen molar-refractivity contribution in [3.63, 3.8) is 0 Å². The van der Waals surface area contributed by atoms with Crippen LogP contribution in [0.15, 0.2) is 5.10 Å². The highest BCUT2D eigenvalue weighted by atomic mass is 15.1. The number of rotatable bonds is 0. The summed E-state index contributed by atoms with van der Waals surface area (Å²) in [4.78, 5) is 0. The fraction of sp³-hybridized carbons (Fsp3) is 0.900. The second-order valence-electron chi connectivity index (χ2n) is 5.20. The molecule has 0 amide bonds. The molecule has 0 aliphatic heterocycles. The Morgan fingerprint density at radius 3 is 2.42 bits per heavy atom. The van der Waals surface area contributed by atoms with Crippen LogP contribution in [0.25, 0.3) is 0 Å². The highest BCUT2D eigenvalue weighted by Crippen LogP contribution is 2.60. The van der Waals surface area contributed by atoms with E-state index in [1.165, 1.54) is 25.0 Å². The van der Waals surface area contributed by atoms with E-state index < -0.39 is 0 Å². The van der Waals surface area contributed by atoms with Gasteiger partial charge >= 0.3 is 0 Å². The molecule has 0 radical (unpaired) electrons. The van der Waals surface area contributed by atoms with Crippen molar-refractivity contribution in [1.82, 2.24) is 0 Å². The molecule has 2 heteroatoms. The summed E-state index contributed by atoms with van der Waals surface area (Å²) in [6, 6.07) is 0. The smallest absolute Gasteiger partial charge is 0.0493 e. The summed E-state index contributed by atoms with van der Waals surface area (Å²) in [5.74, 6) is 6.29. The maximum absolute atomic E-state index is 5.47. The highest BCUT2D eigenvalue weighted by molar-refractivity contribution is 5.97. The predicted molar refractivity (Wildman–Crippen MR) is 50.9 cm³/mol. The first kappa shape index (κ1) is 8.09. The molecule has 2 fully saturated rings. The first-order valence-corrected chi connectivity index (χ1v) is 4.79. The monoisotopic (exact) mass is 166 g/mol. The minimum Gasteiger partial charge on any atom is -0.323 e. The van der Waals surface area contributed by atoms with Crippen LogP contribution in [-0.2, 0) is 0 Å². The Hall–Kier alpha value is -0.530. The third-order valence-electron chi connectivity index (χ3n) is 4.07. The van der Waals surface area contributed by atoms with Crippen LogP contribution in [0.3, 0.4) is 0 Å². The Bertz CT molecular complexity index is 235. The average molecular weight is 166 g/mol. The quantitative estimate of drug-likeness (QED) is 0.434. The Kier molecular flexibility index (Phi) is 1.37. The van der Waals surface area contributed by atoms with Gasteiger partial charge in [0, 0.05) is 16.5 Å². The summed E-state index contributed by atoms with van der Waals surface area (Å²) in [5.41, 5.74) is 1.86. The van der Waals surface area contributed by atoms with Gasteiger partial charge in [0.1, 0.15) is 0 Å². The Labute approximate surface area is 74.2 Å². The molecule has 2 aliphatic carbocycles. The van der Waals surface area contributed by atoms with E-state index in [9.17, 15) is 0 Å². The molecule has 2 bridgehead atoms. The van der Waals surface area contributed by atoms with Crippen molar-refractivity contribution in [3.05, 3.63) is 0 Å². The molecule has 0 unspecified atom stereocenters. The first-order valence-electron chi connectivity index (χ1n) is 4.79. The molecule has 2 aliphatic rings. The van der Waals surface area contributed by atoms with Crippen LogP contribution < -0.4 is 5.84 Å².